The third kappa shape index (κ3) is 3.31. The van der Waals surface area contributed by atoms with Crippen LogP contribution in [0.5, 0.6) is 0 Å². The van der Waals surface area contributed by atoms with E-state index in [2.05, 4.69) is 20.9 Å². The molecule has 4 nitrogen and oxygen atoms in total. The summed E-state index contributed by atoms with van der Waals surface area (Å²) >= 11 is 6.16. The van der Waals surface area contributed by atoms with Gasteiger partial charge in [0.1, 0.15) is 0 Å². The Morgan fingerprint density at radius 1 is 1.43 bits per heavy atom. The molecule has 0 aliphatic rings. The maximum Gasteiger partial charge on any atom is 0.266 e. The summed E-state index contributed by atoms with van der Waals surface area (Å²) < 4.78 is 7.08. The lowest BCUT2D eigenvalue weighted by molar-refractivity contribution is 0.103. The van der Waals surface area contributed by atoms with Gasteiger partial charge in [-0.3, -0.25) is 9.59 Å². The summed E-state index contributed by atoms with van der Waals surface area (Å²) in [7, 11) is 0. The number of carbonyl (C=O) groups excluding carboxylic acids is 1. The van der Waals surface area contributed by atoms with Crippen molar-refractivity contribution in [1.29, 1.82) is 0 Å². The molecule has 7 heteroatoms. The first-order valence-corrected chi connectivity index (χ1v) is 8.35. The standard InChI is InChI=1S/C14H8BrNO3S2/c15-12-5-8(7-20-12)4-11-14(18)16-13(21-11)6-9(17)10-2-1-3-19-10/h1-7H,(H,16,18)/b11-4-,13-6-. The van der Waals surface area contributed by atoms with Crippen LogP contribution in [0.1, 0.15) is 16.1 Å². The quantitative estimate of drug-likeness (QED) is 0.708. The molecule has 0 atom stereocenters. The van der Waals surface area contributed by atoms with E-state index in [1.807, 2.05) is 11.4 Å². The van der Waals surface area contributed by atoms with Crippen LogP contribution in [0.2, 0.25) is 0 Å². The van der Waals surface area contributed by atoms with Crippen molar-refractivity contribution in [2.24, 2.45) is 0 Å². The Bertz CT molecular complexity index is 947. The van der Waals surface area contributed by atoms with Crippen molar-refractivity contribution < 1.29 is 9.21 Å². The number of aromatic nitrogens is 1. The summed E-state index contributed by atoms with van der Waals surface area (Å²) in [6, 6.07) is 5.16. The second kappa shape index (κ2) is 5.97. The molecule has 0 bridgehead atoms. The highest BCUT2D eigenvalue weighted by Crippen LogP contribution is 2.20. The van der Waals surface area contributed by atoms with Gasteiger partial charge in [-0.15, -0.1) is 22.7 Å². The summed E-state index contributed by atoms with van der Waals surface area (Å²) in [5.74, 6) is -0.0288. The summed E-state index contributed by atoms with van der Waals surface area (Å²) in [5.41, 5.74) is 0.740. The number of H-pyrrole nitrogens is 1. The summed E-state index contributed by atoms with van der Waals surface area (Å²) in [4.78, 5) is 26.4. The second-order valence-corrected chi connectivity index (χ2v) is 7.47. The lowest BCUT2D eigenvalue weighted by atomic mass is 10.3. The van der Waals surface area contributed by atoms with Crippen LogP contribution in [-0.4, -0.2) is 10.8 Å². The second-order valence-electron chi connectivity index (χ2n) is 4.10. The largest absolute Gasteiger partial charge is 0.461 e. The molecule has 0 spiro atoms. The lowest BCUT2D eigenvalue weighted by Gasteiger charge is -1.84. The van der Waals surface area contributed by atoms with E-state index in [-0.39, 0.29) is 17.1 Å². The van der Waals surface area contributed by atoms with Gasteiger partial charge in [0.05, 0.1) is 19.2 Å². The minimum Gasteiger partial charge on any atom is -0.461 e. The molecular weight excluding hydrogens is 374 g/mol. The number of aromatic amines is 1. The van der Waals surface area contributed by atoms with Crippen molar-refractivity contribution in [3.8, 4) is 0 Å². The molecule has 0 fully saturated rings. The van der Waals surface area contributed by atoms with E-state index in [1.54, 1.807) is 29.5 Å². The SMILES string of the molecule is O=C(/C=c1/[nH]c(=O)/c(=C/c2csc(Br)c2)s1)c1ccco1. The predicted molar refractivity (Wildman–Crippen MR) is 87.3 cm³/mol. The molecule has 3 heterocycles. The Labute approximate surface area is 135 Å². The minimum atomic E-state index is -0.276. The lowest BCUT2D eigenvalue weighted by Crippen LogP contribution is -2.19. The maximum absolute atomic E-state index is 11.9. The number of thiophene rings is 1. The fourth-order valence-electron chi connectivity index (χ4n) is 1.68. The van der Waals surface area contributed by atoms with Crippen LogP contribution in [0, 0.1) is 0 Å². The summed E-state index contributed by atoms with van der Waals surface area (Å²) in [6.45, 7) is 0. The van der Waals surface area contributed by atoms with Crippen LogP contribution in [0.15, 0.2) is 42.8 Å². The smallest absolute Gasteiger partial charge is 0.266 e. The highest BCUT2D eigenvalue weighted by Gasteiger charge is 2.05. The Kier molecular flexibility index (Phi) is 4.05. The molecule has 0 aliphatic heterocycles. The van der Waals surface area contributed by atoms with Gasteiger partial charge in [0, 0.05) is 6.08 Å². The molecule has 0 amide bonds. The molecular formula is C14H8BrNO3S2. The fourth-order valence-corrected chi connectivity index (χ4v) is 3.70. The van der Waals surface area contributed by atoms with Gasteiger partial charge in [-0.1, -0.05) is 0 Å². The highest BCUT2D eigenvalue weighted by atomic mass is 79.9. The van der Waals surface area contributed by atoms with E-state index in [0.717, 1.165) is 9.35 Å². The normalized spacial score (nSPS) is 13.0. The van der Waals surface area contributed by atoms with Crippen molar-refractivity contribution in [2.45, 2.75) is 0 Å². The van der Waals surface area contributed by atoms with Crippen LogP contribution in [0.25, 0.3) is 12.2 Å². The Hall–Kier alpha value is -1.70. The van der Waals surface area contributed by atoms with Crippen LogP contribution < -0.4 is 14.8 Å². The molecule has 0 saturated carbocycles. The molecule has 0 unspecified atom stereocenters. The average molecular weight is 382 g/mol. The highest BCUT2D eigenvalue weighted by molar-refractivity contribution is 9.11. The number of hydrogen-bond donors (Lipinski definition) is 1. The van der Waals surface area contributed by atoms with Gasteiger partial charge in [0.2, 0.25) is 5.78 Å². The van der Waals surface area contributed by atoms with Crippen LogP contribution in [0.3, 0.4) is 0 Å². The molecule has 3 rings (SSSR count). The number of carbonyl (C=O) groups is 1. The fraction of sp³-hybridized carbons (Fsp3) is 0. The Balaban J connectivity index is 2.00. The van der Waals surface area contributed by atoms with Gasteiger partial charge >= 0.3 is 0 Å². The number of ketones is 1. The molecule has 106 valence electrons. The molecule has 1 N–H and O–H groups in total. The summed E-state index contributed by atoms with van der Waals surface area (Å²) in [6.07, 6.45) is 4.59. The van der Waals surface area contributed by atoms with Gasteiger partial charge in [-0.25, -0.2) is 0 Å². The zero-order chi connectivity index (χ0) is 14.8. The first-order valence-electron chi connectivity index (χ1n) is 5.86. The molecule has 3 aromatic rings. The third-order valence-corrected chi connectivity index (χ3v) is 5.08. The van der Waals surface area contributed by atoms with Crippen LogP contribution in [-0.2, 0) is 0 Å². The van der Waals surface area contributed by atoms with E-state index in [9.17, 15) is 9.59 Å². The summed E-state index contributed by atoms with van der Waals surface area (Å²) in [5, 5.41) is 1.95. The number of furan rings is 1. The topological polar surface area (TPSA) is 63.1 Å². The van der Waals surface area contributed by atoms with Crippen molar-refractivity contribution in [3.05, 3.63) is 64.5 Å². The van der Waals surface area contributed by atoms with Crippen molar-refractivity contribution >= 4 is 56.5 Å². The molecule has 3 aromatic heterocycles. The van der Waals surface area contributed by atoms with Crippen molar-refractivity contribution in [3.63, 3.8) is 0 Å². The van der Waals surface area contributed by atoms with E-state index in [1.165, 1.54) is 23.7 Å². The molecule has 0 radical (unpaired) electrons. The molecule has 0 saturated heterocycles. The van der Waals surface area contributed by atoms with Crippen molar-refractivity contribution in [1.82, 2.24) is 4.98 Å². The molecule has 0 aliphatic carbocycles. The number of Topliss-reactive ketones (excluding diaryl/α,β-unsaturated/α-hetero) is 1. The van der Waals surface area contributed by atoms with Crippen molar-refractivity contribution in [2.75, 3.05) is 0 Å². The van der Waals surface area contributed by atoms with Gasteiger partial charge in [-0.05, 0) is 51.1 Å². The van der Waals surface area contributed by atoms with E-state index >= 15 is 0 Å². The van der Waals surface area contributed by atoms with E-state index in [0.29, 0.717) is 9.20 Å². The Morgan fingerprint density at radius 3 is 2.95 bits per heavy atom. The first-order chi connectivity index (χ1) is 10.1. The molecule has 21 heavy (non-hydrogen) atoms. The predicted octanol–water partition coefficient (Wildman–Crippen LogP) is 2.35. The zero-order valence-electron chi connectivity index (χ0n) is 10.5. The number of rotatable bonds is 3. The molecule has 0 aromatic carbocycles. The number of nitrogens with one attached hydrogen (secondary N) is 1. The van der Waals surface area contributed by atoms with E-state index < -0.39 is 0 Å². The Morgan fingerprint density at radius 2 is 2.29 bits per heavy atom. The van der Waals surface area contributed by atoms with Crippen LogP contribution in [0.4, 0.5) is 0 Å². The first kappa shape index (κ1) is 14.2. The van der Waals surface area contributed by atoms with Gasteiger partial charge < -0.3 is 9.40 Å². The monoisotopic (exact) mass is 381 g/mol. The van der Waals surface area contributed by atoms with E-state index in [4.69, 9.17) is 4.42 Å². The number of thiazole rings is 1. The number of hydrogen-bond acceptors (Lipinski definition) is 5. The van der Waals surface area contributed by atoms with Gasteiger partial charge in [-0.2, -0.15) is 0 Å². The van der Waals surface area contributed by atoms with Gasteiger partial charge in [0.25, 0.3) is 5.56 Å². The number of halogens is 1. The van der Waals surface area contributed by atoms with Crippen LogP contribution >= 0.6 is 38.6 Å². The van der Waals surface area contributed by atoms with Gasteiger partial charge in [0.15, 0.2) is 5.76 Å². The zero-order valence-corrected chi connectivity index (χ0v) is 13.7. The average Bonchev–Trinajstić information content (AvgIpc) is 3.14. The minimum absolute atomic E-state index is 0.208. The third-order valence-electron chi connectivity index (χ3n) is 2.59. The maximum atomic E-state index is 11.9.